The summed E-state index contributed by atoms with van der Waals surface area (Å²) in [5, 5.41) is 2.80. The molecule has 1 saturated heterocycles. The van der Waals surface area contributed by atoms with Gasteiger partial charge in [-0.3, -0.25) is 4.79 Å². The molecule has 0 aromatic carbocycles. The normalized spacial score (nSPS) is 25.9. The molecule has 64 valence electrons. The third-order valence-corrected chi connectivity index (χ3v) is 2.72. The maximum Gasteiger partial charge on any atom is 0.234 e. The molecule has 1 atom stereocenters. The van der Waals surface area contributed by atoms with Crippen LogP contribution in [0, 0.1) is 0 Å². The maximum absolute atomic E-state index is 11.2. The Morgan fingerprint density at radius 1 is 1.82 bits per heavy atom. The van der Waals surface area contributed by atoms with Crippen molar-refractivity contribution in [3.8, 4) is 0 Å². The van der Waals surface area contributed by atoms with Crippen molar-refractivity contribution in [2.24, 2.45) is 0 Å². The van der Waals surface area contributed by atoms with Crippen LogP contribution in [0.2, 0.25) is 0 Å². The monoisotopic (exact) mass is 175 g/mol. The van der Waals surface area contributed by atoms with E-state index in [1.165, 1.54) is 0 Å². The van der Waals surface area contributed by atoms with Gasteiger partial charge in [0.05, 0.1) is 11.9 Å². The van der Waals surface area contributed by atoms with Gasteiger partial charge < -0.3 is 10.1 Å². The van der Waals surface area contributed by atoms with Gasteiger partial charge in [-0.25, -0.2) is 0 Å². The fourth-order valence-electron chi connectivity index (χ4n) is 0.990. The van der Waals surface area contributed by atoms with Crippen molar-refractivity contribution in [2.45, 2.75) is 18.6 Å². The predicted molar refractivity (Wildman–Crippen MR) is 45.5 cm³/mol. The average molecular weight is 175 g/mol. The van der Waals surface area contributed by atoms with E-state index in [4.69, 9.17) is 4.74 Å². The number of amides is 1. The summed E-state index contributed by atoms with van der Waals surface area (Å²) in [5.74, 6) is 1.10. The first-order valence-corrected chi connectivity index (χ1v) is 4.86. The van der Waals surface area contributed by atoms with Gasteiger partial charge in [0.25, 0.3) is 0 Å². The van der Waals surface area contributed by atoms with E-state index in [9.17, 15) is 4.79 Å². The quantitative estimate of drug-likeness (QED) is 0.668. The Labute approximate surface area is 70.9 Å². The zero-order valence-electron chi connectivity index (χ0n) is 6.63. The van der Waals surface area contributed by atoms with Gasteiger partial charge in [-0.1, -0.05) is 6.92 Å². The van der Waals surface area contributed by atoms with E-state index in [2.05, 4.69) is 12.2 Å². The Hall–Kier alpha value is -0.220. The summed E-state index contributed by atoms with van der Waals surface area (Å²) >= 11 is 1.68. The van der Waals surface area contributed by atoms with Crippen LogP contribution in [-0.4, -0.2) is 30.2 Å². The topological polar surface area (TPSA) is 38.3 Å². The molecule has 0 saturated carbocycles. The molecule has 3 nitrogen and oxygen atoms in total. The summed E-state index contributed by atoms with van der Waals surface area (Å²) in [6.45, 7) is 3.12. The van der Waals surface area contributed by atoms with E-state index < -0.39 is 0 Å². The van der Waals surface area contributed by atoms with Crippen molar-refractivity contribution in [2.75, 3.05) is 19.1 Å². The van der Waals surface area contributed by atoms with Crippen LogP contribution in [0.1, 0.15) is 13.3 Å². The molecule has 1 fully saturated rings. The van der Waals surface area contributed by atoms with Gasteiger partial charge in [0.2, 0.25) is 5.91 Å². The maximum atomic E-state index is 11.2. The molecule has 0 bridgehead atoms. The Bertz CT molecular complexity index is 140. The largest absolute Gasteiger partial charge is 0.361 e. The number of carbonyl (C=O) groups is 1. The minimum Gasteiger partial charge on any atom is -0.361 e. The van der Waals surface area contributed by atoms with Crippen molar-refractivity contribution in [1.29, 1.82) is 0 Å². The third-order valence-electron chi connectivity index (χ3n) is 1.53. The first-order chi connectivity index (χ1) is 5.34. The lowest BCUT2D eigenvalue weighted by atomic mass is 10.3. The van der Waals surface area contributed by atoms with Gasteiger partial charge in [0, 0.05) is 0 Å². The second kappa shape index (κ2) is 4.62. The Balaban J connectivity index is 2.39. The van der Waals surface area contributed by atoms with Crippen LogP contribution in [0.4, 0.5) is 0 Å². The molecule has 11 heavy (non-hydrogen) atoms. The van der Waals surface area contributed by atoms with Crippen molar-refractivity contribution in [1.82, 2.24) is 5.32 Å². The summed E-state index contributed by atoms with van der Waals surface area (Å²) in [7, 11) is 0. The minimum absolute atomic E-state index is 0.0995. The summed E-state index contributed by atoms with van der Waals surface area (Å²) < 4.78 is 5.10. The van der Waals surface area contributed by atoms with Crippen molar-refractivity contribution < 1.29 is 9.53 Å². The van der Waals surface area contributed by atoms with Crippen molar-refractivity contribution >= 4 is 17.7 Å². The van der Waals surface area contributed by atoms with Gasteiger partial charge in [0.1, 0.15) is 6.73 Å². The van der Waals surface area contributed by atoms with E-state index in [-0.39, 0.29) is 11.2 Å². The van der Waals surface area contributed by atoms with Crippen LogP contribution in [0.15, 0.2) is 0 Å². The Morgan fingerprint density at radius 3 is 3.36 bits per heavy atom. The fourth-order valence-corrected chi connectivity index (χ4v) is 1.89. The lowest BCUT2D eigenvalue weighted by molar-refractivity contribution is -0.120. The van der Waals surface area contributed by atoms with Crippen LogP contribution in [-0.2, 0) is 9.53 Å². The van der Waals surface area contributed by atoms with Gasteiger partial charge in [-0.2, -0.15) is 0 Å². The number of nitrogens with one attached hydrogen (secondary N) is 1. The highest BCUT2D eigenvalue weighted by atomic mass is 32.2. The van der Waals surface area contributed by atoms with E-state index in [0.29, 0.717) is 13.3 Å². The lowest BCUT2D eigenvalue weighted by Crippen LogP contribution is -2.31. The Kier molecular flexibility index (Phi) is 3.72. The van der Waals surface area contributed by atoms with Crippen LogP contribution in [0.25, 0.3) is 0 Å². The zero-order chi connectivity index (χ0) is 8.10. The van der Waals surface area contributed by atoms with Gasteiger partial charge in [0.15, 0.2) is 0 Å². The molecule has 0 aliphatic carbocycles. The fraction of sp³-hybridized carbons (Fsp3) is 0.857. The molecule has 0 aromatic rings. The molecule has 0 aromatic heterocycles. The lowest BCUT2D eigenvalue weighted by Gasteiger charge is -2.08. The molecular weight excluding hydrogens is 162 g/mol. The molecule has 0 spiro atoms. The smallest absolute Gasteiger partial charge is 0.234 e. The molecule has 1 aliphatic rings. The molecule has 1 amide bonds. The standard InChI is InChI=1S/C7H13NO2S/c1-2-11-6-3-4-10-5-8-7(6)9/h6H,2-5H2,1H3,(H,8,9). The SMILES string of the molecule is CCSC1CCOCNC1=O. The number of rotatable bonds is 2. The van der Waals surface area contributed by atoms with Crippen LogP contribution in [0.3, 0.4) is 0 Å². The molecular formula is C7H13NO2S. The van der Waals surface area contributed by atoms with Crippen molar-refractivity contribution in [3.05, 3.63) is 0 Å². The van der Waals surface area contributed by atoms with E-state index >= 15 is 0 Å². The first-order valence-electron chi connectivity index (χ1n) is 3.81. The molecule has 1 aliphatic heterocycles. The zero-order valence-corrected chi connectivity index (χ0v) is 7.45. The number of carbonyl (C=O) groups excluding carboxylic acids is 1. The summed E-state index contributed by atoms with van der Waals surface area (Å²) in [6, 6.07) is 0. The van der Waals surface area contributed by atoms with Gasteiger partial charge in [-0.15, -0.1) is 11.8 Å². The molecule has 1 unspecified atom stereocenters. The second-order valence-electron chi connectivity index (χ2n) is 2.33. The highest BCUT2D eigenvalue weighted by molar-refractivity contribution is 8.00. The highest BCUT2D eigenvalue weighted by Crippen LogP contribution is 2.15. The number of ether oxygens (including phenoxy) is 1. The Morgan fingerprint density at radius 2 is 2.64 bits per heavy atom. The number of thioether (sulfide) groups is 1. The van der Waals surface area contributed by atoms with E-state index in [1.54, 1.807) is 11.8 Å². The molecule has 4 heteroatoms. The molecule has 1 N–H and O–H groups in total. The van der Waals surface area contributed by atoms with Gasteiger partial charge >= 0.3 is 0 Å². The van der Waals surface area contributed by atoms with Gasteiger partial charge in [-0.05, 0) is 12.2 Å². The van der Waals surface area contributed by atoms with Crippen LogP contribution in [0.5, 0.6) is 0 Å². The number of hydrogen-bond acceptors (Lipinski definition) is 3. The molecule has 1 rings (SSSR count). The van der Waals surface area contributed by atoms with Crippen LogP contribution >= 0.6 is 11.8 Å². The molecule has 1 heterocycles. The van der Waals surface area contributed by atoms with Crippen molar-refractivity contribution in [3.63, 3.8) is 0 Å². The van der Waals surface area contributed by atoms with E-state index in [0.717, 1.165) is 12.2 Å². The average Bonchev–Trinajstić information content (AvgIpc) is 2.18. The second-order valence-corrected chi connectivity index (χ2v) is 3.81. The van der Waals surface area contributed by atoms with Crippen LogP contribution < -0.4 is 5.32 Å². The minimum atomic E-state index is 0.0995. The summed E-state index contributed by atoms with van der Waals surface area (Å²) in [6.07, 6.45) is 0.838. The summed E-state index contributed by atoms with van der Waals surface area (Å²) in [5.41, 5.74) is 0. The molecule has 0 radical (unpaired) electrons. The number of hydrogen-bond donors (Lipinski definition) is 1. The highest BCUT2D eigenvalue weighted by Gasteiger charge is 2.19. The first kappa shape index (κ1) is 8.87. The summed E-state index contributed by atoms with van der Waals surface area (Å²) in [4.78, 5) is 11.2. The third kappa shape index (κ3) is 2.71. The van der Waals surface area contributed by atoms with E-state index in [1.807, 2.05) is 0 Å². The predicted octanol–water partition coefficient (Wildman–Crippen LogP) is 0.602.